The largest absolute Gasteiger partial charge is 0.349 e. The quantitative estimate of drug-likeness (QED) is 0.901. The molecule has 2 N–H and O–H groups in total. The molecule has 98 valence electrons. The molecule has 0 aliphatic carbocycles. The van der Waals surface area contributed by atoms with Crippen LogP contribution < -0.4 is 10.6 Å². The zero-order chi connectivity index (χ0) is 13.2. The Kier molecular flexibility index (Phi) is 4.07. The van der Waals surface area contributed by atoms with Gasteiger partial charge in [-0.3, -0.25) is 4.79 Å². The van der Waals surface area contributed by atoms with Gasteiger partial charge < -0.3 is 10.6 Å². The predicted octanol–water partition coefficient (Wildman–Crippen LogP) is 2.63. The Morgan fingerprint density at radius 2 is 2.11 bits per heavy atom. The summed E-state index contributed by atoms with van der Waals surface area (Å²) in [6.45, 7) is 5.74. The molecule has 2 atom stereocenters. The number of amides is 1. The molecule has 3 nitrogen and oxygen atoms in total. The van der Waals surface area contributed by atoms with Crippen LogP contribution in [0.3, 0.4) is 0 Å². The number of hydrogen-bond donors (Lipinski definition) is 2. The summed E-state index contributed by atoms with van der Waals surface area (Å²) in [6, 6.07) is 8.10. The van der Waals surface area contributed by atoms with Crippen LogP contribution in [0.15, 0.2) is 28.7 Å². The van der Waals surface area contributed by atoms with Crippen molar-refractivity contribution in [1.29, 1.82) is 0 Å². The average Bonchev–Trinajstić information content (AvgIpc) is 2.78. The molecule has 1 saturated heterocycles. The van der Waals surface area contributed by atoms with Crippen molar-refractivity contribution in [1.82, 2.24) is 10.6 Å². The Morgan fingerprint density at radius 1 is 1.44 bits per heavy atom. The predicted molar refractivity (Wildman–Crippen MR) is 76.3 cm³/mol. The van der Waals surface area contributed by atoms with Crippen LogP contribution in [-0.4, -0.2) is 19.0 Å². The zero-order valence-electron chi connectivity index (χ0n) is 10.8. The molecule has 4 heteroatoms. The van der Waals surface area contributed by atoms with Gasteiger partial charge in [0.15, 0.2) is 0 Å². The highest BCUT2D eigenvalue weighted by Crippen LogP contribution is 2.26. The van der Waals surface area contributed by atoms with Crippen LogP contribution in [0.2, 0.25) is 0 Å². The van der Waals surface area contributed by atoms with Crippen LogP contribution in [0.25, 0.3) is 0 Å². The fourth-order valence-electron chi connectivity index (χ4n) is 2.22. The van der Waals surface area contributed by atoms with E-state index in [-0.39, 0.29) is 17.4 Å². The van der Waals surface area contributed by atoms with Crippen molar-refractivity contribution in [3.8, 4) is 0 Å². The van der Waals surface area contributed by atoms with E-state index in [9.17, 15) is 4.79 Å². The summed E-state index contributed by atoms with van der Waals surface area (Å²) < 4.78 is 1.05. The second-order valence-electron chi connectivity index (χ2n) is 5.23. The molecule has 1 aromatic rings. The van der Waals surface area contributed by atoms with E-state index in [0.29, 0.717) is 0 Å². The first-order valence-corrected chi connectivity index (χ1v) is 7.08. The van der Waals surface area contributed by atoms with Gasteiger partial charge in [-0.15, -0.1) is 0 Å². The van der Waals surface area contributed by atoms with E-state index in [1.54, 1.807) is 0 Å². The summed E-state index contributed by atoms with van der Waals surface area (Å²) in [5, 5.41) is 6.35. The number of benzene rings is 1. The SMILES string of the molecule is CC(NC(=O)C1(C)CCNC1)c1ccc(Br)cc1. The third-order valence-corrected chi connectivity index (χ3v) is 4.16. The number of carbonyl (C=O) groups excluding carboxylic acids is 1. The van der Waals surface area contributed by atoms with Crippen molar-refractivity contribution in [3.05, 3.63) is 34.3 Å². The van der Waals surface area contributed by atoms with Gasteiger partial charge in [-0.05, 0) is 44.5 Å². The highest BCUT2D eigenvalue weighted by atomic mass is 79.9. The van der Waals surface area contributed by atoms with E-state index in [2.05, 4.69) is 26.6 Å². The van der Waals surface area contributed by atoms with Gasteiger partial charge in [0.2, 0.25) is 5.91 Å². The maximum absolute atomic E-state index is 12.3. The van der Waals surface area contributed by atoms with E-state index >= 15 is 0 Å². The van der Waals surface area contributed by atoms with Crippen LogP contribution in [0.4, 0.5) is 0 Å². The summed E-state index contributed by atoms with van der Waals surface area (Å²) in [7, 11) is 0. The van der Waals surface area contributed by atoms with E-state index in [1.165, 1.54) is 0 Å². The number of rotatable bonds is 3. The highest BCUT2D eigenvalue weighted by molar-refractivity contribution is 9.10. The summed E-state index contributed by atoms with van der Waals surface area (Å²) in [5.41, 5.74) is 0.866. The fraction of sp³-hybridized carbons (Fsp3) is 0.500. The summed E-state index contributed by atoms with van der Waals surface area (Å²) in [4.78, 5) is 12.3. The van der Waals surface area contributed by atoms with E-state index in [0.717, 1.165) is 29.5 Å². The Morgan fingerprint density at radius 3 is 2.67 bits per heavy atom. The maximum atomic E-state index is 12.3. The molecule has 2 rings (SSSR count). The molecule has 1 aliphatic heterocycles. The van der Waals surface area contributed by atoms with Gasteiger partial charge in [-0.2, -0.15) is 0 Å². The molecule has 1 aliphatic rings. The first-order valence-electron chi connectivity index (χ1n) is 6.28. The van der Waals surface area contributed by atoms with Crippen molar-refractivity contribution in [2.45, 2.75) is 26.3 Å². The van der Waals surface area contributed by atoms with Crippen molar-refractivity contribution in [2.24, 2.45) is 5.41 Å². The molecule has 0 bridgehead atoms. The monoisotopic (exact) mass is 310 g/mol. The number of hydrogen-bond acceptors (Lipinski definition) is 2. The Balaban J connectivity index is 2.00. The van der Waals surface area contributed by atoms with Crippen LogP contribution in [0.1, 0.15) is 31.9 Å². The molecule has 2 unspecified atom stereocenters. The van der Waals surface area contributed by atoms with Crippen LogP contribution in [0, 0.1) is 5.41 Å². The van der Waals surface area contributed by atoms with Gasteiger partial charge in [0.25, 0.3) is 0 Å². The summed E-state index contributed by atoms with van der Waals surface area (Å²) in [5.74, 6) is 0.142. The normalized spacial score (nSPS) is 24.8. The lowest BCUT2D eigenvalue weighted by molar-refractivity contribution is -0.129. The number of nitrogens with one attached hydrogen (secondary N) is 2. The van der Waals surface area contributed by atoms with Gasteiger partial charge in [-0.1, -0.05) is 28.1 Å². The fourth-order valence-corrected chi connectivity index (χ4v) is 2.48. The minimum Gasteiger partial charge on any atom is -0.349 e. The van der Waals surface area contributed by atoms with Crippen molar-refractivity contribution < 1.29 is 4.79 Å². The van der Waals surface area contributed by atoms with Gasteiger partial charge >= 0.3 is 0 Å². The molecule has 1 fully saturated rings. The molecule has 0 saturated carbocycles. The maximum Gasteiger partial charge on any atom is 0.227 e. The van der Waals surface area contributed by atoms with Crippen LogP contribution >= 0.6 is 15.9 Å². The first-order chi connectivity index (χ1) is 8.51. The molecule has 0 radical (unpaired) electrons. The van der Waals surface area contributed by atoms with Crippen molar-refractivity contribution >= 4 is 21.8 Å². The second-order valence-corrected chi connectivity index (χ2v) is 6.15. The smallest absolute Gasteiger partial charge is 0.227 e. The lowest BCUT2D eigenvalue weighted by Crippen LogP contribution is -2.41. The van der Waals surface area contributed by atoms with Gasteiger partial charge in [0.05, 0.1) is 11.5 Å². The molecule has 1 heterocycles. The lowest BCUT2D eigenvalue weighted by atomic mass is 9.88. The number of halogens is 1. The third kappa shape index (κ3) is 2.93. The molecular formula is C14H19BrN2O. The van der Waals surface area contributed by atoms with Crippen molar-refractivity contribution in [3.63, 3.8) is 0 Å². The molecule has 18 heavy (non-hydrogen) atoms. The highest BCUT2D eigenvalue weighted by Gasteiger charge is 2.36. The zero-order valence-corrected chi connectivity index (χ0v) is 12.4. The first kappa shape index (κ1) is 13.6. The average molecular weight is 311 g/mol. The van der Waals surface area contributed by atoms with E-state index < -0.39 is 0 Å². The number of carbonyl (C=O) groups is 1. The Bertz CT molecular complexity index is 424. The van der Waals surface area contributed by atoms with Gasteiger partial charge in [0, 0.05) is 11.0 Å². The summed E-state index contributed by atoms with van der Waals surface area (Å²) in [6.07, 6.45) is 0.909. The van der Waals surface area contributed by atoms with E-state index in [4.69, 9.17) is 0 Å². The molecular weight excluding hydrogens is 292 g/mol. The Hall–Kier alpha value is -0.870. The van der Waals surface area contributed by atoms with Crippen LogP contribution in [-0.2, 0) is 4.79 Å². The van der Waals surface area contributed by atoms with Gasteiger partial charge in [0.1, 0.15) is 0 Å². The third-order valence-electron chi connectivity index (χ3n) is 3.63. The summed E-state index contributed by atoms with van der Waals surface area (Å²) >= 11 is 3.41. The Labute approximate surface area is 116 Å². The topological polar surface area (TPSA) is 41.1 Å². The standard InChI is InChI=1S/C14H19BrN2O/c1-10(11-3-5-12(15)6-4-11)17-13(18)14(2)7-8-16-9-14/h3-6,10,16H,7-9H2,1-2H3,(H,17,18). The van der Waals surface area contributed by atoms with Crippen molar-refractivity contribution in [2.75, 3.05) is 13.1 Å². The lowest BCUT2D eigenvalue weighted by Gasteiger charge is -2.24. The van der Waals surface area contributed by atoms with E-state index in [1.807, 2.05) is 38.1 Å². The molecule has 0 spiro atoms. The van der Waals surface area contributed by atoms with Gasteiger partial charge in [-0.25, -0.2) is 0 Å². The molecule has 1 aromatic carbocycles. The molecule has 1 amide bonds. The van der Waals surface area contributed by atoms with Crippen LogP contribution in [0.5, 0.6) is 0 Å². The minimum atomic E-state index is -0.260. The second kappa shape index (κ2) is 5.41. The minimum absolute atomic E-state index is 0.0445. The molecule has 0 aromatic heterocycles.